The Hall–Kier alpha value is -0.100. The van der Waals surface area contributed by atoms with Crippen molar-refractivity contribution in [3.63, 3.8) is 0 Å². The zero-order chi connectivity index (χ0) is 10.9. The molecule has 1 atom stereocenters. The summed E-state index contributed by atoms with van der Waals surface area (Å²) in [5, 5.41) is 0. The normalized spacial score (nSPS) is 11.2. The summed E-state index contributed by atoms with van der Waals surface area (Å²) in [6.45, 7) is 5.22. The smallest absolute Gasteiger partial charge is 0.331 e. The lowest BCUT2D eigenvalue weighted by molar-refractivity contribution is -0.138. The van der Waals surface area contributed by atoms with E-state index in [1.807, 2.05) is 33.0 Å². The number of hydrogen-bond donors (Lipinski definition) is 0. The van der Waals surface area contributed by atoms with Gasteiger partial charge < -0.3 is 9.64 Å². The Labute approximate surface area is 94.3 Å². The van der Waals surface area contributed by atoms with E-state index < -0.39 is 0 Å². The van der Waals surface area contributed by atoms with Crippen LogP contribution in [0.15, 0.2) is 12.7 Å². The predicted molar refractivity (Wildman–Crippen MR) is 64.0 cm³/mol. The molecule has 0 aliphatic heterocycles. The molecule has 78 valence electrons. The highest BCUT2D eigenvalue weighted by Crippen LogP contribution is 2.06. The third-order valence-corrected chi connectivity index (χ3v) is 1.87. The number of carbonyl (C=O) groups excluding carboxylic acids is 1. The second-order valence-corrected chi connectivity index (χ2v) is 4.19. The third-order valence-electron chi connectivity index (χ3n) is 0.732. The summed E-state index contributed by atoms with van der Waals surface area (Å²) in [7, 11) is 6.00. The second-order valence-electron chi connectivity index (χ2n) is 2.80. The molecule has 0 radical (unpaired) electrons. The molecule has 0 aromatic heterocycles. The molecule has 4 heteroatoms. The minimum atomic E-state index is -0.351. The van der Waals surface area contributed by atoms with E-state index in [2.05, 4.69) is 29.2 Å². The Kier molecular flexibility index (Phi) is 11.8. The van der Waals surface area contributed by atoms with E-state index in [0.717, 1.165) is 6.42 Å². The molecule has 0 aliphatic carbocycles. The molecule has 3 nitrogen and oxygen atoms in total. The van der Waals surface area contributed by atoms with Crippen LogP contribution in [0.5, 0.6) is 0 Å². The summed E-state index contributed by atoms with van der Waals surface area (Å²) >= 11 is 2.05. The van der Waals surface area contributed by atoms with Gasteiger partial charge in [-0.1, -0.05) is 13.5 Å². The van der Waals surface area contributed by atoms with Crippen molar-refractivity contribution >= 4 is 28.6 Å². The van der Waals surface area contributed by atoms with Gasteiger partial charge in [-0.2, -0.15) is 0 Å². The van der Waals surface area contributed by atoms with Gasteiger partial charge >= 0.3 is 5.97 Å². The quantitative estimate of drug-likeness (QED) is 0.346. The van der Waals surface area contributed by atoms with Crippen LogP contribution in [0.25, 0.3) is 0 Å². The molecule has 0 aromatic carbocycles. The fraction of sp³-hybridized carbons (Fsp3) is 0.667. The molecular weight excluding hydrogens is 281 g/mol. The van der Waals surface area contributed by atoms with Gasteiger partial charge in [-0.15, -0.1) is 0 Å². The molecule has 0 N–H and O–H groups in total. The van der Waals surface area contributed by atoms with Crippen molar-refractivity contribution in [2.45, 2.75) is 17.5 Å². The lowest BCUT2D eigenvalue weighted by Gasteiger charge is -2.05. The molecule has 0 heterocycles. The Morgan fingerprint density at radius 1 is 1.62 bits per heavy atom. The number of hydrogen-bond acceptors (Lipinski definition) is 3. The lowest BCUT2D eigenvalue weighted by atomic mass is 10.5. The van der Waals surface area contributed by atoms with E-state index in [9.17, 15) is 4.79 Å². The average molecular weight is 299 g/mol. The monoisotopic (exact) mass is 299 g/mol. The minimum Gasteiger partial charge on any atom is -0.449 e. The zero-order valence-electron chi connectivity index (χ0n) is 8.71. The van der Waals surface area contributed by atoms with Gasteiger partial charge in [0, 0.05) is 6.08 Å². The lowest BCUT2D eigenvalue weighted by Crippen LogP contribution is -2.07. The van der Waals surface area contributed by atoms with Crippen molar-refractivity contribution in [3.8, 4) is 0 Å². The standard InChI is InChI=1S/C6H9IO2.C3H9N/c1-3-5(7)9-6(8)4-2;1-4(2)3/h4-5H,2-3H2,1H3;1-3H3. The molecule has 0 spiro atoms. The molecule has 1 unspecified atom stereocenters. The Balaban J connectivity index is 0. The Morgan fingerprint density at radius 3 is 2.23 bits per heavy atom. The first-order chi connectivity index (χ1) is 5.93. The van der Waals surface area contributed by atoms with Gasteiger partial charge in [0.1, 0.15) is 0 Å². The summed E-state index contributed by atoms with van der Waals surface area (Å²) in [6, 6.07) is 0. The average Bonchev–Trinajstić information content (AvgIpc) is 2.03. The SMILES string of the molecule is C=CC(=O)OC(I)CC.CN(C)C. The highest BCUT2D eigenvalue weighted by molar-refractivity contribution is 14.1. The summed E-state index contributed by atoms with van der Waals surface area (Å²) in [6.07, 6.45) is 2.00. The van der Waals surface area contributed by atoms with E-state index in [1.165, 1.54) is 6.08 Å². The van der Waals surface area contributed by atoms with Crippen LogP contribution in [0.3, 0.4) is 0 Å². The molecule has 0 bridgehead atoms. The molecule has 0 fully saturated rings. The van der Waals surface area contributed by atoms with Crippen LogP contribution in [0.2, 0.25) is 0 Å². The second kappa shape index (κ2) is 9.98. The molecule has 0 saturated carbocycles. The molecular formula is C9H18INO2. The summed E-state index contributed by atoms with van der Waals surface area (Å²) in [4.78, 5) is 12.4. The van der Waals surface area contributed by atoms with Crippen LogP contribution in [0.4, 0.5) is 0 Å². The van der Waals surface area contributed by atoms with Gasteiger partial charge in [-0.05, 0) is 50.2 Å². The van der Waals surface area contributed by atoms with Crippen LogP contribution in [0, 0.1) is 0 Å². The first kappa shape index (κ1) is 15.4. The van der Waals surface area contributed by atoms with Crippen LogP contribution < -0.4 is 0 Å². The van der Waals surface area contributed by atoms with Crippen molar-refractivity contribution in [3.05, 3.63) is 12.7 Å². The van der Waals surface area contributed by atoms with Crippen LogP contribution in [0.1, 0.15) is 13.3 Å². The molecule has 0 rings (SSSR count). The summed E-state index contributed by atoms with van der Waals surface area (Å²) in [5.41, 5.74) is 0. The maximum Gasteiger partial charge on any atom is 0.331 e. The number of ether oxygens (including phenoxy) is 1. The first-order valence-corrected chi connectivity index (χ1v) is 5.26. The van der Waals surface area contributed by atoms with Gasteiger partial charge in [-0.25, -0.2) is 4.79 Å². The fourth-order valence-corrected chi connectivity index (χ4v) is 0.508. The van der Waals surface area contributed by atoms with E-state index >= 15 is 0 Å². The van der Waals surface area contributed by atoms with Crippen LogP contribution >= 0.6 is 22.6 Å². The topological polar surface area (TPSA) is 29.5 Å². The molecule has 0 aromatic rings. The van der Waals surface area contributed by atoms with Crippen LogP contribution in [-0.2, 0) is 9.53 Å². The Morgan fingerprint density at radius 2 is 2.00 bits per heavy atom. The number of nitrogens with zero attached hydrogens (tertiary/aromatic N) is 1. The predicted octanol–water partition coefficient (Wildman–Crippen LogP) is 2.06. The molecule has 13 heavy (non-hydrogen) atoms. The Bertz CT molecular complexity index is 146. The number of esters is 1. The van der Waals surface area contributed by atoms with Crippen molar-refractivity contribution < 1.29 is 9.53 Å². The fourth-order valence-electron chi connectivity index (χ4n) is 0.257. The van der Waals surface area contributed by atoms with E-state index in [0.29, 0.717) is 0 Å². The van der Waals surface area contributed by atoms with Crippen LogP contribution in [-0.4, -0.2) is 36.1 Å². The first-order valence-electron chi connectivity index (χ1n) is 4.02. The third kappa shape index (κ3) is 18.7. The van der Waals surface area contributed by atoms with Crippen molar-refractivity contribution in [2.75, 3.05) is 21.1 Å². The van der Waals surface area contributed by atoms with Gasteiger partial charge in [0.25, 0.3) is 0 Å². The highest BCUT2D eigenvalue weighted by atomic mass is 127. The van der Waals surface area contributed by atoms with E-state index in [4.69, 9.17) is 4.74 Å². The molecule has 0 aliphatic rings. The van der Waals surface area contributed by atoms with Crippen molar-refractivity contribution in [2.24, 2.45) is 0 Å². The number of rotatable bonds is 3. The number of alkyl halides is 1. The summed E-state index contributed by atoms with van der Waals surface area (Å²) in [5.74, 6) is -0.351. The van der Waals surface area contributed by atoms with E-state index in [-0.39, 0.29) is 10.1 Å². The van der Waals surface area contributed by atoms with Gasteiger partial charge in [-0.3, -0.25) is 0 Å². The van der Waals surface area contributed by atoms with Gasteiger partial charge in [0.2, 0.25) is 0 Å². The molecule has 0 amide bonds. The highest BCUT2D eigenvalue weighted by Gasteiger charge is 2.02. The maximum atomic E-state index is 10.4. The van der Waals surface area contributed by atoms with Crippen molar-refractivity contribution in [1.29, 1.82) is 0 Å². The number of carbonyl (C=O) groups is 1. The number of halogens is 1. The zero-order valence-corrected chi connectivity index (χ0v) is 10.9. The van der Waals surface area contributed by atoms with Gasteiger partial charge in [0.05, 0.1) is 0 Å². The maximum absolute atomic E-state index is 10.4. The largest absolute Gasteiger partial charge is 0.449 e. The van der Waals surface area contributed by atoms with Gasteiger partial charge in [0.15, 0.2) is 4.11 Å². The van der Waals surface area contributed by atoms with E-state index in [1.54, 1.807) is 0 Å². The minimum absolute atomic E-state index is 0.0203. The molecule has 0 saturated heterocycles. The summed E-state index contributed by atoms with van der Waals surface area (Å²) < 4.78 is 4.76. The van der Waals surface area contributed by atoms with Crippen molar-refractivity contribution in [1.82, 2.24) is 4.90 Å².